The van der Waals surface area contributed by atoms with Gasteiger partial charge in [0.1, 0.15) is 17.3 Å². The second-order valence-corrected chi connectivity index (χ2v) is 37.4. The first kappa shape index (κ1) is 69.5. The van der Waals surface area contributed by atoms with Crippen LogP contribution in [0.2, 0.25) is 32.2 Å². The smallest absolute Gasteiger partial charge is 0.322 e. The van der Waals surface area contributed by atoms with Crippen molar-refractivity contribution in [1.29, 1.82) is 0 Å². The van der Waals surface area contributed by atoms with Crippen LogP contribution in [0.1, 0.15) is 80.3 Å². The van der Waals surface area contributed by atoms with Gasteiger partial charge >= 0.3 is 5.97 Å². The number of carbonyl (C=O) groups excluding carboxylic acids is 2. The lowest BCUT2D eigenvalue weighted by Gasteiger charge is -2.63. The van der Waals surface area contributed by atoms with Crippen molar-refractivity contribution in [3.63, 3.8) is 0 Å². The number of aliphatic hydroxyl groups excluding tert-OH is 1. The fraction of sp³-hybridized carbons (Fsp3) is 0.672. The lowest BCUT2D eigenvalue weighted by molar-refractivity contribution is -0.203. The number of fused-ring (bicyclic) bond motifs is 6. The van der Waals surface area contributed by atoms with Gasteiger partial charge in [0.05, 0.1) is 98.5 Å². The number of benzene rings is 2. The predicted molar refractivity (Wildman–Crippen MR) is 355 cm³/mol. The Morgan fingerprint density at radius 2 is 1.52 bits per heavy atom. The number of methoxy groups -OCH3 is 3. The topological polar surface area (TPSA) is 241 Å². The van der Waals surface area contributed by atoms with Gasteiger partial charge in [-0.15, -0.1) is 0 Å². The molecule has 502 valence electrons. The quantitative estimate of drug-likeness (QED) is 0.00872. The summed E-state index contributed by atoms with van der Waals surface area (Å²) in [7, 11) is 2.12. The van der Waals surface area contributed by atoms with Crippen LogP contribution in [-0.2, 0) is 70.7 Å². The summed E-state index contributed by atoms with van der Waals surface area (Å²) in [5.74, 6) is -0.685. The number of likely N-dealkylation sites (N-methyl/N-ethyl adjacent to an activating group) is 1. The van der Waals surface area contributed by atoms with E-state index in [-0.39, 0.29) is 18.5 Å². The summed E-state index contributed by atoms with van der Waals surface area (Å²) in [6.07, 6.45) is 10.0. The van der Waals surface area contributed by atoms with E-state index < -0.39 is 68.1 Å². The van der Waals surface area contributed by atoms with Gasteiger partial charge in [0, 0.05) is 121 Å². The summed E-state index contributed by atoms with van der Waals surface area (Å²) in [5.41, 5.74) is -0.737. The maximum absolute atomic E-state index is 15.6. The molecule has 6 aliphatic rings. The zero-order valence-corrected chi connectivity index (χ0v) is 58.3. The SMILES string of the molecule is CC[C@]1(O)C[C@H]2CN(CCc3c([nH]c4ccccc34)[C@@](C(=O)OC)(c3cc4c(cc3OC)N(C)[C@H]3[C@@](O)(C(=O)NCCC[Si](C)(C)O[Si](C)(C)CSc5ncc(COCCOCCOCCOCCOCCOC)cn5)[C@H](O)[C@]5(CC)C=CCN6CC[C@]43[C@@H]65)C2)C1. The molecule has 1 spiro atoms. The lowest BCUT2D eigenvalue weighted by atomic mass is 9.47. The van der Waals surface area contributed by atoms with Crippen LogP contribution in [0.25, 0.3) is 10.9 Å². The molecule has 1 unspecified atom stereocenters. The minimum Gasteiger partial charge on any atom is -0.496 e. The molecule has 4 aromatic rings. The van der Waals surface area contributed by atoms with E-state index in [1.807, 2.05) is 44.0 Å². The van der Waals surface area contributed by atoms with Crippen molar-refractivity contribution in [2.75, 3.05) is 144 Å². The van der Waals surface area contributed by atoms with Gasteiger partial charge < -0.3 is 72.5 Å². The number of H-pyrrole nitrogens is 1. The second kappa shape index (κ2) is 29.3. The largest absolute Gasteiger partial charge is 0.496 e. The van der Waals surface area contributed by atoms with Gasteiger partial charge in [-0.3, -0.25) is 19.4 Å². The summed E-state index contributed by atoms with van der Waals surface area (Å²) in [4.78, 5) is 51.0. The molecule has 7 heterocycles. The number of aliphatic hydroxyl groups is 3. The van der Waals surface area contributed by atoms with Crippen molar-refractivity contribution in [3.8, 4) is 5.75 Å². The number of anilines is 1. The lowest BCUT2D eigenvalue weighted by Crippen LogP contribution is -2.81. The molecule has 1 amide bonds. The molecule has 1 saturated carbocycles. The van der Waals surface area contributed by atoms with E-state index in [1.54, 1.807) is 38.4 Å². The molecule has 1 aliphatic carbocycles. The highest BCUT2D eigenvalue weighted by Gasteiger charge is 2.79. The van der Waals surface area contributed by atoms with E-state index in [2.05, 4.69) is 86.6 Å². The highest BCUT2D eigenvalue weighted by atomic mass is 32.2. The van der Waals surface area contributed by atoms with Gasteiger partial charge in [-0.05, 0) is 113 Å². The number of para-hydroxylation sites is 1. The number of amides is 1. The first-order valence-electron chi connectivity index (χ1n) is 32.9. The van der Waals surface area contributed by atoms with Crippen LogP contribution in [0.4, 0.5) is 5.69 Å². The number of thioether (sulfide) groups is 1. The number of nitrogens with zero attached hydrogens (tertiary/aromatic N) is 5. The molecule has 21 nitrogen and oxygen atoms in total. The van der Waals surface area contributed by atoms with Crippen molar-refractivity contribution >= 4 is 56.9 Å². The number of piperidine rings is 1. The molecule has 10 atom stereocenters. The Morgan fingerprint density at radius 3 is 2.18 bits per heavy atom. The molecule has 91 heavy (non-hydrogen) atoms. The summed E-state index contributed by atoms with van der Waals surface area (Å²) < 4.78 is 52.4. The fourth-order valence-corrected chi connectivity index (χ4v) is 27.0. The predicted octanol–water partition coefficient (Wildman–Crippen LogP) is 6.53. The Kier molecular flexibility index (Phi) is 22.4. The molecule has 24 heteroatoms. The van der Waals surface area contributed by atoms with Gasteiger partial charge in [0.25, 0.3) is 5.91 Å². The highest BCUT2D eigenvalue weighted by molar-refractivity contribution is 8.00. The molecule has 10 rings (SSSR count). The zero-order chi connectivity index (χ0) is 64.8. The van der Waals surface area contributed by atoms with E-state index in [0.29, 0.717) is 167 Å². The fourth-order valence-electron chi connectivity index (χ4n) is 16.7. The number of hydrogen-bond acceptors (Lipinski definition) is 20. The Hall–Kier alpha value is -4.36. The number of aromatic nitrogens is 3. The summed E-state index contributed by atoms with van der Waals surface area (Å²) in [6.45, 7) is 21.9. The average Bonchev–Trinajstić information content (AvgIpc) is 1.51. The second-order valence-electron chi connectivity index (χ2n) is 27.3. The molecule has 2 aromatic carbocycles. The Labute approximate surface area is 544 Å². The molecule has 2 aromatic heterocycles. The van der Waals surface area contributed by atoms with E-state index in [1.165, 1.54) is 7.11 Å². The Balaban J connectivity index is 0.811. The first-order chi connectivity index (χ1) is 43.7. The van der Waals surface area contributed by atoms with Crippen LogP contribution in [0.3, 0.4) is 0 Å². The van der Waals surface area contributed by atoms with Crippen molar-refractivity contribution in [1.82, 2.24) is 30.1 Å². The standard InChI is InChI=1S/C67H101N7O14SSi2/c1-11-63(78)39-47-40-66(61(77)82-6,56-50(19-24-73(43-47)45-63)49-17-13-14-18-53(49)71-56)52-37-51-54(38-55(52)81-5)72(3)58-65(51)21-25-74-23-15-20-64(12-2,57(65)74)59(75)67(58,79)60(76)68-22-16-36-90(7,8)88-91(9,10)46-89-62-69-41-48(42-70-62)44-87-35-34-86-33-32-85-31-30-84-29-28-83-27-26-80-4/h13-15,17-18,20,37-38,41-42,47,57-59,71,75,78-79H,11-12,16,19,21-36,39-40,43-46H2,1-10H3,(H,68,76)/t47-,57+,58-,59-,63+,64-,65-,66+,67+/m1/s1. The molecule has 5 N–H and O–H groups in total. The van der Waals surface area contributed by atoms with Crippen molar-refractivity contribution in [3.05, 3.63) is 88.9 Å². The Morgan fingerprint density at radius 1 is 0.835 bits per heavy atom. The number of carbonyl (C=O) groups is 2. The maximum Gasteiger partial charge on any atom is 0.322 e. The van der Waals surface area contributed by atoms with Crippen LogP contribution in [0, 0.1) is 11.3 Å². The number of rotatable bonds is 32. The number of hydrogen-bond donors (Lipinski definition) is 5. The molecular formula is C67H101N7O14SSi2. The summed E-state index contributed by atoms with van der Waals surface area (Å²) in [5, 5.41) is 44.8. The average molecular weight is 1320 g/mol. The molecule has 3 fully saturated rings. The van der Waals surface area contributed by atoms with Gasteiger partial charge in [-0.25, -0.2) is 9.97 Å². The monoisotopic (exact) mass is 1320 g/mol. The molecule has 2 saturated heterocycles. The zero-order valence-electron chi connectivity index (χ0n) is 55.4. The van der Waals surface area contributed by atoms with Crippen LogP contribution in [0.5, 0.6) is 5.75 Å². The van der Waals surface area contributed by atoms with Crippen molar-refractivity contribution in [2.45, 2.75) is 143 Å². The van der Waals surface area contributed by atoms with Crippen LogP contribution in [0.15, 0.2) is 66.1 Å². The minimum absolute atomic E-state index is 0.112. The van der Waals surface area contributed by atoms with Crippen molar-refractivity contribution < 1.29 is 66.9 Å². The maximum atomic E-state index is 15.6. The van der Waals surface area contributed by atoms with Crippen molar-refractivity contribution in [2.24, 2.45) is 11.3 Å². The number of nitrogens with one attached hydrogen (secondary N) is 2. The van der Waals surface area contributed by atoms with Crippen LogP contribution < -0.4 is 15.0 Å². The van der Waals surface area contributed by atoms with E-state index in [9.17, 15) is 15.3 Å². The molecule has 0 radical (unpaired) electrons. The summed E-state index contributed by atoms with van der Waals surface area (Å²) in [6, 6.07) is 11.9. The number of aromatic amines is 1. The molecule has 5 aliphatic heterocycles. The normalized spacial score (nSPS) is 28.6. The first-order valence-corrected chi connectivity index (χ1v) is 40.1. The van der Waals surface area contributed by atoms with E-state index >= 15 is 9.59 Å². The third-order valence-electron chi connectivity index (χ3n) is 20.4. The van der Waals surface area contributed by atoms with Gasteiger partial charge in [0.2, 0.25) is 0 Å². The van der Waals surface area contributed by atoms with E-state index in [4.69, 9.17) is 42.0 Å². The van der Waals surface area contributed by atoms with Crippen LogP contribution >= 0.6 is 11.8 Å². The minimum atomic E-state index is -2.30. The Bertz CT molecular complexity index is 3160. The number of ether oxygens (including phenoxy) is 8. The highest BCUT2D eigenvalue weighted by Crippen LogP contribution is 2.68. The third-order valence-corrected chi connectivity index (χ3v) is 30.2. The van der Waals surface area contributed by atoms with Crippen LogP contribution in [-0.4, -0.2) is 237 Å². The van der Waals surface area contributed by atoms with Gasteiger partial charge in [-0.2, -0.15) is 0 Å². The molecule has 2 bridgehead atoms. The van der Waals surface area contributed by atoms with E-state index in [0.717, 1.165) is 50.4 Å². The molecular weight excluding hydrogens is 1220 g/mol. The number of esters is 1. The van der Waals surface area contributed by atoms with Gasteiger partial charge in [-0.1, -0.05) is 56.0 Å². The van der Waals surface area contributed by atoms with Gasteiger partial charge in [0.15, 0.2) is 27.4 Å². The summed E-state index contributed by atoms with van der Waals surface area (Å²) >= 11 is 1.59. The third kappa shape index (κ3) is 13.9.